The number of rotatable bonds is 10. The zero-order valence-electron chi connectivity index (χ0n) is 18.7. The van der Waals surface area contributed by atoms with Gasteiger partial charge in [0.15, 0.2) is 11.5 Å². The highest BCUT2D eigenvalue weighted by Crippen LogP contribution is 2.39. The van der Waals surface area contributed by atoms with Gasteiger partial charge in [0, 0.05) is 31.4 Å². The molecule has 1 fully saturated rings. The van der Waals surface area contributed by atoms with Gasteiger partial charge in [0.05, 0.1) is 31.7 Å². The molecule has 0 atom stereocenters. The first-order chi connectivity index (χ1) is 15.2. The highest BCUT2D eigenvalue weighted by molar-refractivity contribution is 5.95. The van der Waals surface area contributed by atoms with E-state index in [1.165, 1.54) is 0 Å². The van der Waals surface area contributed by atoms with Gasteiger partial charge in [-0.25, -0.2) is 0 Å². The second kappa shape index (κ2) is 11.4. The minimum atomic E-state index is -0.125. The summed E-state index contributed by atoms with van der Waals surface area (Å²) >= 11 is 0. The van der Waals surface area contributed by atoms with Gasteiger partial charge in [-0.05, 0) is 63.8 Å². The molecule has 2 heterocycles. The summed E-state index contributed by atoms with van der Waals surface area (Å²) in [4.78, 5) is 19.4. The molecule has 0 aliphatic carbocycles. The number of hydrogen-bond acceptors (Lipinski definition) is 6. The van der Waals surface area contributed by atoms with Crippen LogP contribution in [0.5, 0.6) is 17.2 Å². The third kappa shape index (κ3) is 6.03. The molecule has 1 amide bonds. The topological polar surface area (TPSA) is 72.9 Å². The van der Waals surface area contributed by atoms with Crippen LogP contribution in [0.15, 0.2) is 36.7 Å². The van der Waals surface area contributed by atoms with Crippen molar-refractivity contribution in [3.63, 3.8) is 0 Å². The number of amides is 1. The lowest BCUT2D eigenvalue weighted by Gasteiger charge is -2.33. The van der Waals surface area contributed by atoms with Crippen molar-refractivity contribution in [2.45, 2.75) is 33.6 Å². The summed E-state index contributed by atoms with van der Waals surface area (Å²) in [6, 6.07) is 7.52. The Balaban J connectivity index is 1.61. The lowest BCUT2D eigenvalue weighted by Crippen LogP contribution is -2.38. The molecule has 0 saturated carbocycles. The summed E-state index contributed by atoms with van der Waals surface area (Å²) in [6.45, 7) is 9.76. The van der Waals surface area contributed by atoms with E-state index in [0.29, 0.717) is 55.1 Å². The maximum Gasteiger partial charge on any atom is 0.251 e. The molecule has 1 saturated heterocycles. The normalized spacial score (nSPS) is 14.2. The van der Waals surface area contributed by atoms with E-state index in [2.05, 4.69) is 21.3 Å². The number of hydrogen-bond donors (Lipinski definition) is 1. The number of piperidine rings is 1. The van der Waals surface area contributed by atoms with Gasteiger partial charge >= 0.3 is 0 Å². The monoisotopic (exact) mass is 427 g/mol. The maximum absolute atomic E-state index is 12.9. The van der Waals surface area contributed by atoms with Gasteiger partial charge in [-0.2, -0.15) is 0 Å². The molecule has 7 nitrogen and oxygen atoms in total. The molecule has 7 heteroatoms. The van der Waals surface area contributed by atoms with Crippen molar-refractivity contribution in [3.8, 4) is 17.2 Å². The zero-order valence-corrected chi connectivity index (χ0v) is 18.7. The summed E-state index contributed by atoms with van der Waals surface area (Å²) in [5, 5.41) is 3.09. The zero-order chi connectivity index (χ0) is 22.1. The van der Waals surface area contributed by atoms with Gasteiger partial charge in [-0.3, -0.25) is 9.78 Å². The lowest BCUT2D eigenvalue weighted by molar-refractivity contribution is 0.0943. The molecule has 0 spiro atoms. The number of pyridine rings is 1. The SMILES string of the molecule is CCOc1cc(C(=O)NCC2CCN(c3cccnc3)CC2)cc(OCC)c1OCC. The molecule has 2 aromatic rings. The number of aromatic nitrogens is 1. The largest absolute Gasteiger partial charge is 0.490 e. The molecule has 168 valence electrons. The number of ether oxygens (including phenoxy) is 3. The Hall–Kier alpha value is -2.96. The third-order valence-corrected chi connectivity index (χ3v) is 5.35. The van der Waals surface area contributed by atoms with Crippen LogP contribution in [0.4, 0.5) is 5.69 Å². The van der Waals surface area contributed by atoms with Crippen LogP contribution in [0.3, 0.4) is 0 Å². The van der Waals surface area contributed by atoms with Crippen LogP contribution in [-0.4, -0.2) is 50.3 Å². The predicted octanol–water partition coefficient (Wildman–Crippen LogP) is 3.92. The first kappa shape index (κ1) is 22.7. The van der Waals surface area contributed by atoms with E-state index in [0.717, 1.165) is 31.6 Å². The van der Waals surface area contributed by atoms with Crippen LogP contribution >= 0.6 is 0 Å². The van der Waals surface area contributed by atoms with Crippen molar-refractivity contribution in [1.82, 2.24) is 10.3 Å². The van der Waals surface area contributed by atoms with E-state index < -0.39 is 0 Å². The Morgan fingerprint density at radius 2 is 1.71 bits per heavy atom. The third-order valence-electron chi connectivity index (χ3n) is 5.35. The number of benzene rings is 1. The molecular weight excluding hydrogens is 394 g/mol. The van der Waals surface area contributed by atoms with Crippen molar-refractivity contribution >= 4 is 11.6 Å². The molecule has 0 bridgehead atoms. The van der Waals surface area contributed by atoms with Gasteiger partial charge in [-0.1, -0.05) is 0 Å². The summed E-state index contributed by atoms with van der Waals surface area (Å²) < 4.78 is 17.2. The quantitative estimate of drug-likeness (QED) is 0.620. The average molecular weight is 428 g/mol. The fourth-order valence-corrected chi connectivity index (χ4v) is 3.79. The molecule has 1 aliphatic rings. The van der Waals surface area contributed by atoms with E-state index in [1.54, 1.807) is 18.3 Å². The second-order valence-electron chi connectivity index (χ2n) is 7.45. The van der Waals surface area contributed by atoms with E-state index in [9.17, 15) is 4.79 Å². The highest BCUT2D eigenvalue weighted by Gasteiger charge is 2.22. The van der Waals surface area contributed by atoms with Crippen LogP contribution in [-0.2, 0) is 0 Å². The average Bonchev–Trinajstić information content (AvgIpc) is 2.80. The summed E-state index contributed by atoms with van der Waals surface area (Å²) in [6.07, 6.45) is 5.76. The minimum absolute atomic E-state index is 0.125. The van der Waals surface area contributed by atoms with Crippen molar-refractivity contribution < 1.29 is 19.0 Å². The Kier molecular flexibility index (Phi) is 8.38. The van der Waals surface area contributed by atoms with E-state index >= 15 is 0 Å². The number of carbonyl (C=O) groups excluding carboxylic acids is 1. The van der Waals surface area contributed by atoms with Gasteiger partial charge in [-0.15, -0.1) is 0 Å². The molecule has 31 heavy (non-hydrogen) atoms. The van der Waals surface area contributed by atoms with Crippen molar-refractivity contribution in [2.75, 3.05) is 44.4 Å². The lowest BCUT2D eigenvalue weighted by atomic mass is 9.96. The molecule has 1 N–H and O–H groups in total. The molecule has 1 aliphatic heterocycles. The number of carbonyl (C=O) groups is 1. The number of nitrogens with one attached hydrogen (secondary N) is 1. The van der Waals surface area contributed by atoms with Gasteiger partial charge in [0.25, 0.3) is 5.91 Å². The summed E-state index contributed by atoms with van der Waals surface area (Å²) in [5.41, 5.74) is 1.68. The second-order valence-corrected chi connectivity index (χ2v) is 7.45. The highest BCUT2D eigenvalue weighted by atomic mass is 16.5. The van der Waals surface area contributed by atoms with Crippen molar-refractivity contribution in [2.24, 2.45) is 5.92 Å². The van der Waals surface area contributed by atoms with Crippen LogP contribution in [0.25, 0.3) is 0 Å². The molecule has 1 aromatic heterocycles. The molecule has 3 rings (SSSR count). The molecular formula is C24H33N3O4. The molecule has 0 unspecified atom stereocenters. The smallest absolute Gasteiger partial charge is 0.251 e. The van der Waals surface area contributed by atoms with Crippen LogP contribution < -0.4 is 24.4 Å². The molecule has 0 radical (unpaired) electrons. The van der Waals surface area contributed by atoms with Gasteiger partial charge in [0.1, 0.15) is 0 Å². The van der Waals surface area contributed by atoms with Crippen LogP contribution in [0.1, 0.15) is 44.0 Å². The van der Waals surface area contributed by atoms with E-state index in [4.69, 9.17) is 14.2 Å². The number of nitrogens with zero attached hydrogens (tertiary/aromatic N) is 2. The van der Waals surface area contributed by atoms with E-state index in [-0.39, 0.29) is 5.91 Å². The van der Waals surface area contributed by atoms with Gasteiger partial charge < -0.3 is 24.4 Å². The molecule has 1 aromatic carbocycles. The van der Waals surface area contributed by atoms with Crippen LogP contribution in [0, 0.1) is 5.92 Å². The van der Waals surface area contributed by atoms with Gasteiger partial charge in [0.2, 0.25) is 5.75 Å². The maximum atomic E-state index is 12.9. The fourth-order valence-electron chi connectivity index (χ4n) is 3.79. The van der Waals surface area contributed by atoms with Crippen LogP contribution in [0.2, 0.25) is 0 Å². The Bertz CT molecular complexity index is 809. The summed E-state index contributed by atoms with van der Waals surface area (Å²) in [7, 11) is 0. The van der Waals surface area contributed by atoms with E-state index in [1.807, 2.05) is 33.0 Å². The minimum Gasteiger partial charge on any atom is -0.490 e. The Morgan fingerprint density at radius 1 is 1.06 bits per heavy atom. The predicted molar refractivity (Wildman–Crippen MR) is 121 cm³/mol. The first-order valence-corrected chi connectivity index (χ1v) is 11.2. The fraction of sp³-hybridized carbons (Fsp3) is 0.500. The Labute approximate surface area is 184 Å². The first-order valence-electron chi connectivity index (χ1n) is 11.2. The standard InChI is InChI=1S/C24H33N3O4/c1-4-29-21-14-19(15-22(30-5-2)23(21)31-6-3)24(28)26-16-18-9-12-27(13-10-18)20-8-7-11-25-17-20/h7-8,11,14-15,17-18H,4-6,9-10,12-13,16H2,1-3H3,(H,26,28). The van der Waals surface area contributed by atoms with Crippen molar-refractivity contribution in [1.29, 1.82) is 0 Å². The summed E-state index contributed by atoms with van der Waals surface area (Å²) in [5.74, 6) is 1.94. The number of anilines is 1. The Morgan fingerprint density at radius 3 is 2.26 bits per heavy atom. The van der Waals surface area contributed by atoms with Crippen molar-refractivity contribution in [3.05, 3.63) is 42.2 Å².